The molecule has 116 valence electrons. The molecule has 2 heterocycles. The van der Waals surface area contributed by atoms with E-state index in [2.05, 4.69) is 14.9 Å². The molecule has 0 spiro atoms. The summed E-state index contributed by atoms with van der Waals surface area (Å²) in [5.74, 6) is 0.709. The van der Waals surface area contributed by atoms with Gasteiger partial charge >= 0.3 is 0 Å². The lowest BCUT2D eigenvalue weighted by molar-refractivity contribution is 0.0342. The smallest absolute Gasteiger partial charge is 0.277 e. The van der Waals surface area contributed by atoms with Gasteiger partial charge in [0.1, 0.15) is 5.75 Å². The van der Waals surface area contributed by atoms with Gasteiger partial charge in [-0.25, -0.2) is 4.98 Å². The van der Waals surface area contributed by atoms with Crippen LogP contribution in [0, 0.1) is 0 Å². The van der Waals surface area contributed by atoms with Crippen LogP contribution in [0.5, 0.6) is 11.6 Å². The highest BCUT2D eigenvalue weighted by atomic mass is 16.5. The number of ether oxygens (including phenoxy) is 2. The molecule has 1 aromatic heterocycles. The molecule has 0 bridgehead atoms. The first-order chi connectivity index (χ1) is 10.7. The van der Waals surface area contributed by atoms with E-state index in [-0.39, 0.29) is 11.6 Å². The van der Waals surface area contributed by atoms with Gasteiger partial charge in [0, 0.05) is 19.6 Å². The highest BCUT2D eigenvalue weighted by Gasteiger charge is 2.11. The van der Waals surface area contributed by atoms with E-state index in [1.54, 1.807) is 0 Å². The van der Waals surface area contributed by atoms with Gasteiger partial charge in [0.05, 0.1) is 19.5 Å². The van der Waals surface area contributed by atoms with Crippen LogP contribution in [-0.2, 0) is 11.3 Å². The first-order valence-corrected chi connectivity index (χ1v) is 7.12. The van der Waals surface area contributed by atoms with Crippen molar-refractivity contribution in [2.45, 2.75) is 6.54 Å². The summed E-state index contributed by atoms with van der Waals surface area (Å²) in [6, 6.07) is 7.68. The highest BCUT2D eigenvalue weighted by Crippen LogP contribution is 2.22. The number of rotatable bonds is 4. The van der Waals surface area contributed by atoms with Crippen LogP contribution < -0.4 is 16.0 Å². The van der Waals surface area contributed by atoms with E-state index in [1.807, 2.05) is 24.3 Å². The molecule has 0 atom stereocenters. The molecule has 1 aromatic carbocycles. The number of nitrogens with zero attached hydrogens (tertiary/aromatic N) is 2. The first kappa shape index (κ1) is 14.6. The Morgan fingerprint density at radius 3 is 2.73 bits per heavy atom. The topological polar surface area (TPSA) is 93.5 Å². The van der Waals surface area contributed by atoms with Gasteiger partial charge in [-0.2, -0.15) is 0 Å². The Morgan fingerprint density at radius 2 is 2.00 bits per heavy atom. The van der Waals surface area contributed by atoms with Crippen LogP contribution in [0.2, 0.25) is 0 Å². The molecule has 22 heavy (non-hydrogen) atoms. The second-order valence-electron chi connectivity index (χ2n) is 5.09. The summed E-state index contributed by atoms with van der Waals surface area (Å²) in [5.41, 5.74) is 6.39. The van der Waals surface area contributed by atoms with Gasteiger partial charge < -0.3 is 20.2 Å². The number of aromatic amines is 1. The van der Waals surface area contributed by atoms with E-state index >= 15 is 0 Å². The molecule has 2 aromatic rings. The zero-order valence-electron chi connectivity index (χ0n) is 12.1. The predicted octanol–water partition coefficient (Wildman–Crippen LogP) is 0.977. The van der Waals surface area contributed by atoms with Crippen LogP contribution in [0.1, 0.15) is 5.56 Å². The van der Waals surface area contributed by atoms with Crippen LogP contribution >= 0.6 is 0 Å². The number of anilines is 1. The summed E-state index contributed by atoms with van der Waals surface area (Å²) < 4.78 is 10.9. The molecule has 1 fully saturated rings. The number of nitrogen functional groups attached to an aromatic ring is 1. The van der Waals surface area contributed by atoms with Crippen LogP contribution in [-0.4, -0.2) is 41.2 Å². The van der Waals surface area contributed by atoms with E-state index in [1.165, 1.54) is 11.9 Å². The molecule has 1 saturated heterocycles. The van der Waals surface area contributed by atoms with E-state index < -0.39 is 5.56 Å². The average molecular weight is 302 g/mol. The molecule has 7 heteroatoms. The fourth-order valence-electron chi connectivity index (χ4n) is 2.27. The molecular formula is C15H18N4O3. The summed E-state index contributed by atoms with van der Waals surface area (Å²) in [6.07, 6.45) is 1.26. The molecular weight excluding hydrogens is 284 g/mol. The average Bonchev–Trinajstić information content (AvgIpc) is 2.55. The van der Waals surface area contributed by atoms with E-state index in [0.29, 0.717) is 5.75 Å². The number of morpholine rings is 1. The van der Waals surface area contributed by atoms with Gasteiger partial charge in [0.25, 0.3) is 5.56 Å². The summed E-state index contributed by atoms with van der Waals surface area (Å²) in [7, 11) is 0. The van der Waals surface area contributed by atoms with Gasteiger partial charge in [-0.15, -0.1) is 0 Å². The molecule has 0 unspecified atom stereocenters. The number of nitrogens with one attached hydrogen (secondary N) is 1. The van der Waals surface area contributed by atoms with Crippen LogP contribution in [0.25, 0.3) is 0 Å². The Hall–Kier alpha value is -2.38. The highest BCUT2D eigenvalue weighted by molar-refractivity contribution is 5.47. The zero-order valence-corrected chi connectivity index (χ0v) is 12.1. The molecule has 0 amide bonds. The second kappa shape index (κ2) is 6.59. The maximum atomic E-state index is 11.4. The standard InChI is InChI=1S/C15H18N4O3/c16-13-14(20)17-10-18-15(13)22-12-3-1-11(2-4-12)9-19-5-7-21-8-6-19/h1-4,10H,5-9,16H2,(H,17,18,20). The van der Waals surface area contributed by atoms with Crippen molar-refractivity contribution in [3.63, 3.8) is 0 Å². The van der Waals surface area contributed by atoms with Crippen molar-refractivity contribution in [1.29, 1.82) is 0 Å². The number of hydrogen-bond acceptors (Lipinski definition) is 6. The molecule has 0 radical (unpaired) electrons. The van der Waals surface area contributed by atoms with Crippen molar-refractivity contribution in [3.8, 4) is 11.6 Å². The molecule has 1 aliphatic heterocycles. The second-order valence-corrected chi connectivity index (χ2v) is 5.09. The van der Waals surface area contributed by atoms with E-state index in [9.17, 15) is 4.79 Å². The quantitative estimate of drug-likeness (QED) is 0.874. The largest absolute Gasteiger partial charge is 0.437 e. The monoisotopic (exact) mass is 302 g/mol. The zero-order chi connectivity index (χ0) is 15.4. The minimum atomic E-state index is -0.408. The summed E-state index contributed by atoms with van der Waals surface area (Å²) in [4.78, 5) is 20.1. The van der Waals surface area contributed by atoms with Crippen molar-refractivity contribution in [2.24, 2.45) is 0 Å². The van der Waals surface area contributed by atoms with E-state index in [4.69, 9.17) is 15.2 Å². The summed E-state index contributed by atoms with van der Waals surface area (Å²) >= 11 is 0. The van der Waals surface area contributed by atoms with Crippen molar-refractivity contribution < 1.29 is 9.47 Å². The van der Waals surface area contributed by atoms with Crippen molar-refractivity contribution in [1.82, 2.24) is 14.9 Å². The fraction of sp³-hybridized carbons (Fsp3) is 0.333. The van der Waals surface area contributed by atoms with Crippen molar-refractivity contribution in [3.05, 3.63) is 46.5 Å². The van der Waals surface area contributed by atoms with Gasteiger partial charge in [0.15, 0.2) is 5.69 Å². The third-order valence-electron chi connectivity index (χ3n) is 3.50. The minimum Gasteiger partial charge on any atom is -0.437 e. The molecule has 3 rings (SSSR count). The Kier molecular flexibility index (Phi) is 4.36. The molecule has 0 saturated carbocycles. The number of H-pyrrole nitrogens is 1. The first-order valence-electron chi connectivity index (χ1n) is 7.12. The van der Waals surface area contributed by atoms with Gasteiger partial charge in [-0.1, -0.05) is 12.1 Å². The number of nitrogens with two attached hydrogens (primary N) is 1. The molecule has 1 aliphatic rings. The number of hydrogen-bond donors (Lipinski definition) is 2. The SMILES string of the molecule is Nc1c(Oc2ccc(CN3CCOCC3)cc2)nc[nH]c1=O. The third kappa shape index (κ3) is 3.44. The van der Waals surface area contributed by atoms with Crippen LogP contribution in [0.3, 0.4) is 0 Å². The predicted molar refractivity (Wildman–Crippen MR) is 81.9 cm³/mol. The van der Waals surface area contributed by atoms with Crippen LogP contribution in [0.15, 0.2) is 35.4 Å². The lowest BCUT2D eigenvalue weighted by Crippen LogP contribution is -2.35. The summed E-state index contributed by atoms with van der Waals surface area (Å²) in [6.45, 7) is 4.36. The minimum absolute atomic E-state index is 0.0279. The van der Waals surface area contributed by atoms with Crippen LogP contribution in [0.4, 0.5) is 5.69 Å². The normalized spacial score (nSPS) is 15.6. The Morgan fingerprint density at radius 1 is 1.27 bits per heavy atom. The Bertz CT molecular complexity index is 678. The lowest BCUT2D eigenvalue weighted by atomic mass is 10.2. The van der Waals surface area contributed by atoms with Gasteiger partial charge in [-0.3, -0.25) is 9.69 Å². The molecule has 7 nitrogen and oxygen atoms in total. The lowest BCUT2D eigenvalue weighted by Gasteiger charge is -2.26. The van der Waals surface area contributed by atoms with Crippen molar-refractivity contribution in [2.75, 3.05) is 32.0 Å². The maximum absolute atomic E-state index is 11.4. The fourth-order valence-corrected chi connectivity index (χ4v) is 2.27. The van der Waals surface area contributed by atoms with Gasteiger partial charge in [-0.05, 0) is 17.7 Å². The number of benzene rings is 1. The Labute approximate surface area is 127 Å². The third-order valence-corrected chi connectivity index (χ3v) is 3.50. The van der Waals surface area contributed by atoms with Gasteiger partial charge in [0.2, 0.25) is 5.88 Å². The number of aromatic nitrogens is 2. The summed E-state index contributed by atoms with van der Waals surface area (Å²) in [5, 5.41) is 0. The maximum Gasteiger partial charge on any atom is 0.277 e. The van der Waals surface area contributed by atoms with Crippen molar-refractivity contribution >= 4 is 5.69 Å². The Balaban J connectivity index is 1.66. The molecule has 0 aliphatic carbocycles. The molecule has 3 N–H and O–H groups in total. The van der Waals surface area contributed by atoms with E-state index in [0.717, 1.165) is 32.8 Å².